The molecule has 0 bridgehead atoms. The zero-order valence-electron chi connectivity index (χ0n) is 46.2. The summed E-state index contributed by atoms with van der Waals surface area (Å²) in [5, 5.41) is -0.140. The van der Waals surface area contributed by atoms with Crippen LogP contribution in [0.2, 0.25) is 72.5 Å². The van der Waals surface area contributed by atoms with E-state index in [1.807, 2.05) is 6.92 Å². The first-order chi connectivity index (χ1) is 28.7. The molecule has 1 saturated heterocycles. The lowest BCUT2D eigenvalue weighted by Gasteiger charge is -2.41. The van der Waals surface area contributed by atoms with Gasteiger partial charge in [0, 0.05) is 19.4 Å². The van der Waals surface area contributed by atoms with Crippen molar-refractivity contribution < 1.29 is 51.0 Å². The molecule has 64 heavy (non-hydrogen) atoms. The number of hydrogen-bond acceptors (Lipinski definition) is 11. The van der Waals surface area contributed by atoms with E-state index in [1.165, 1.54) is 7.11 Å². The van der Waals surface area contributed by atoms with E-state index in [0.29, 0.717) is 25.9 Å². The molecule has 11 nitrogen and oxygen atoms in total. The van der Waals surface area contributed by atoms with Gasteiger partial charge in [-0.15, -0.1) is 0 Å². The van der Waals surface area contributed by atoms with Gasteiger partial charge in [0.25, 0.3) is 0 Å². The Morgan fingerprint density at radius 1 is 0.609 bits per heavy atom. The van der Waals surface area contributed by atoms with Crippen molar-refractivity contribution in [2.24, 2.45) is 11.8 Å². The molecule has 0 aromatic heterocycles. The first-order valence-electron chi connectivity index (χ1n) is 24.5. The fourth-order valence-corrected chi connectivity index (χ4v) is 11.9. The molecular formula is C49H102O11Si4. The Morgan fingerprint density at radius 2 is 1.05 bits per heavy atom. The number of hydrogen-bond donors (Lipinski definition) is 0. The van der Waals surface area contributed by atoms with Crippen LogP contribution in [0.3, 0.4) is 0 Å². The van der Waals surface area contributed by atoms with Crippen LogP contribution in [-0.2, 0) is 51.0 Å². The van der Waals surface area contributed by atoms with Gasteiger partial charge in [-0.3, -0.25) is 9.59 Å². The fraction of sp³-hybridized carbons (Fsp3) is 0.959. The summed E-state index contributed by atoms with van der Waals surface area (Å²) in [5.41, 5.74) is 0. The highest BCUT2D eigenvalue weighted by Gasteiger charge is 2.51. The Bertz CT molecular complexity index is 1420. The molecule has 0 N–H and O–H groups in total. The van der Waals surface area contributed by atoms with E-state index < -0.39 is 64.0 Å². The number of carbonyl (C=O) groups excluding carboxylic acids is 2. The summed E-state index contributed by atoms with van der Waals surface area (Å²) in [6, 6.07) is 0. The summed E-state index contributed by atoms with van der Waals surface area (Å²) in [6.45, 7) is 53.6. The molecule has 0 radical (unpaired) electrons. The van der Waals surface area contributed by atoms with Crippen molar-refractivity contribution in [1.82, 2.24) is 0 Å². The summed E-state index contributed by atoms with van der Waals surface area (Å²) in [4.78, 5) is 27.2. The van der Waals surface area contributed by atoms with Crippen LogP contribution in [-0.4, -0.2) is 115 Å². The summed E-state index contributed by atoms with van der Waals surface area (Å²) in [6.07, 6.45) is -1.05. The summed E-state index contributed by atoms with van der Waals surface area (Å²) in [5.74, 6) is -0.680. The van der Waals surface area contributed by atoms with Gasteiger partial charge in [0.15, 0.2) is 39.6 Å². The third-order valence-corrected chi connectivity index (χ3v) is 33.9. The van der Waals surface area contributed by atoms with E-state index in [9.17, 15) is 9.59 Å². The van der Waals surface area contributed by atoms with Crippen LogP contribution >= 0.6 is 0 Å². The second kappa shape index (κ2) is 23.9. The number of methoxy groups -OCH3 is 2. The van der Waals surface area contributed by atoms with E-state index in [0.717, 1.165) is 6.42 Å². The van der Waals surface area contributed by atoms with Crippen LogP contribution < -0.4 is 0 Å². The van der Waals surface area contributed by atoms with Gasteiger partial charge in [-0.05, 0) is 91.3 Å². The average Bonchev–Trinajstić information content (AvgIpc) is 3.40. The number of rotatable bonds is 25. The van der Waals surface area contributed by atoms with Crippen LogP contribution in [0.4, 0.5) is 0 Å². The van der Waals surface area contributed by atoms with E-state index in [-0.39, 0.29) is 75.1 Å². The Kier molecular flexibility index (Phi) is 23.0. The van der Waals surface area contributed by atoms with Crippen molar-refractivity contribution in [3.63, 3.8) is 0 Å². The van der Waals surface area contributed by atoms with E-state index in [4.69, 9.17) is 41.4 Å². The average molecular weight is 980 g/mol. The van der Waals surface area contributed by atoms with Crippen molar-refractivity contribution in [2.75, 3.05) is 20.8 Å². The second-order valence-electron chi connectivity index (χ2n) is 25.0. The van der Waals surface area contributed by atoms with Gasteiger partial charge in [-0.1, -0.05) is 117 Å². The van der Waals surface area contributed by atoms with Gasteiger partial charge >= 0.3 is 11.9 Å². The third kappa shape index (κ3) is 17.8. The number of esters is 2. The van der Waals surface area contributed by atoms with Crippen LogP contribution in [0.15, 0.2) is 0 Å². The summed E-state index contributed by atoms with van der Waals surface area (Å²) >= 11 is 0. The van der Waals surface area contributed by atoms with Gasteiger partial charge in [0.05, 0.1) is 57.1 Å². The van der Waals surface area contributed by atoms with Gasteiger partial charge in [-0.2, -0.15) is 0 Å². The van der Waals surface area contributed by atoms with Gasteiger partial charge in [0.1, 0.15) is 12.2 Å². The summed E-state index contributed by atoms with van der Waals surface area (Å²) in [7, 11) is -6.00. The summed E-state index contributed by atoms with van der Waals surface area (Å²) < 4.78 is 59.5. The molecule has 1 aliphatic rings. The number of carbonyl (C=O) groups is 2. The second-order valence-corrected chi connectivity index (χ2v) is 44.1. The van der Waals surface area contributed by atoms with Crippen LogP contribution in [0.5, 0.6) is 0 Å². The Labute approximate surface area is 398 Å². The molecule has 0 saturated carbocycles. The molecule has 380 valence electrons. The predicted octanol–water partition coefficient (Wildman–Crippen LogP) is 13.0. The van der Waals surface area contributed by atoms with Crippen LogP contribution in [0.25, 0.3) is 0 Å². The molecule has 0 amide bonds. The molecule has 10 atom stereocenters. The first kappa shape index (κ1) is 61.5. The molecule has 0 aromatic carbocycles. The third-order valence-electron chi connectivity index (χ3n) is 15.8. The largest absolute Gasteiger partial charge is 0.469 e. The van der Waals surface area contributed by atoms with Crippen LogP contribution in [0, 0.1) is 11.8 Å². The van der Waals surface area contributed by atoms with E-state index >= 15 is 0 Å². The maximum absolute atomic E-state index is 14.4. The van der Waals surface area contributed by atoms with Crippen LogP contribution in [0.1, 0.15) is 149 Å². The fourth-order valence-electron chi connectivity index (χ4n) is 6.80. The van der Waals surface area contributed by atoms with Crippen molar-refractivity contribution in [1.29, 1.82) is 0 Å². The molecule has 0 aliphatic carbocycles. The van der Waals surface area contributed by atoms with Crippen molar-refractivity contribution in [2.45, 2.75) is 271 Å². The minimum atomic E-state index is -2.40. The lowest BCUT2D eigenvalue weighted by molar-refractivity contribution is -0.195. The lowest BCUT2D eigenvalue weighted by Crippen LogP contribution is -2.49. The van der Waals surface area contributed by atoms with Crippen molar-refractivity contribution >= 4 is 45.2 Å². The highest BCUT2D eigenvalue weighted by atomic mass is 28.4. The molecule has 1 fully saturated rings. The zero-order chi connectivity index (χ0) is 50.2. The molecule has 1 aliphatic heterocycles. The highest BCUT2D eigenvalue weighted by molar-refractivity contribution is 6.75. The number of ether oxygens (including phenoxy) is 5. The zero-order valence-corrected chi connectivity index (χ0v) is 50.2. The Morgan fingerprint density at radius 3 is 1.44 bits per heavy atom. The predicted molar refractivity (Wildman–Crippen MR) is 273 cm³/mol. The molecule has 1 heterocycles. The maximum atomic E-state index is 14.4. The molecule has 2 unspecified atom stereocenters. The van der Waals surface area contributed by atoms with E-state index in [2.05, 4.69) is 156 Å². The molecule has 0 spiro atoms. The maximum Gasteiger partial charge on any atom is 0.308 e. The first-order valence-corrected chi connectivity index (χ1v) is 36.1. The lowest BCUT2D eigenvalue weighted by atomic mass is 9.95. The SMILES string of the molecule is CC[C@H](OC)[C@H](C[C@@H](CC(=O)OC)O[Si](C)(C)C(C)(C)C)OC(=O)C[C@H](C[C@H](O[C@@H]1O[C@@H](CO[Si](C)(C)C(C)(C)C)C(O[Si](C)(C)C(C)(C)C)C1C)[C@@H](C)CC)O[Si](C)(C)C(C)(C)C. The normalized spacial score (nSPS) is 22.7. The van der Waals surface area contributed by atoms with Gasteiger partial charge < -0.3 is 41.4 Å². The molecule has 0 aromatic rings. The Balaban J connectivity index is 3.67. The van der Waals surface area contributed by atoms with Gasteiger partial charge in [0.2, 0.25) is 0 Å². The topological polar surface area (TPSA) is 117 Å². The molecular weight excluding hydrogens is 877 g/mol. The van der Waals surface area contributed by atoms with E-state index in [1.54, 1.807) is 7.11 Å². The van der Waals surface area contributed by atoms with Crippen molar-refractivity contribution in [3.05, 3.63) is 0 Å². The minimum Gasteiger partial charge on any atom is -0.469 e. The standard InChI is InChI=1S/C49H102O11Si4/c1-27-34(3)39(56-45-35(4)44(60-64(25,26)49(14,15)16)41(57-45)33-54-61(19,20)46(5,6)7)29-36(58-62(21,22)47(8,9)10)32-43(51)55-40(38(28-2)52-17)30-37(31-42(50)53-18)59-63(23,24)48(11,12)13/h34-41,44-45H,27-33H2,1-26H3/t34-,35?,36-,37-,38-,39-,40-,41-,44?,45+/m0/s1. The smallest absolute Gasteiger partial charge is 0.308 e. The minimum absolute atomic E-state index is 0.0120. The van der Waals surface area contributed by atoms with Gasteiger partial charge in [-0.25, -0.2) is 0 Å². The highest BCUT2D eigenvalue weighted by Crippen LogP contribution is 2.44. The molecule has 15 heteroatoms. The molecule has 1 rings (SSSR count). The quantitative estimate of drug-likeness (QED) is 0.0643. The van der Waals surface area contributed by atoms with Crippen molar-refractivity contribution in [3.8, 4) is 0 Å². The Hall–Kier alpha value is -0.472. The monoisotopic (exact) mass is 979 g/mol.